The van der Waals surface area contributed by atoms with Crippen molar-refractivity contribution < 1.29 is 9.90 Å². The van der Waals surface area contributed by atoms with E-state index in [1.165, 1.54) is 11.1 Å². The highest BCUT2D eigenvalue weighted by molar-refractivity contribution is 5.73. The number of rotatable bonds is 5. The lowest BCUT2D eigenvalue weighted by Crippen LogP contribution is -2.37. The Morgan fingerprint density at radius 3 is 2.61 bits per heavy atom. The molecule has 1 aromatic rings. The standard InChI is InChI=1S/C15H21NO2/c1-2-12-5-7-13(8-6-12)9-11-16-10-3-4-14(16)15(17)18/h5-8,14H,2-4,9-11H2,1H3,(H,17,18)/t14-/m1/s1. The van der Waals surface area contributed by atoms with Crippen LogP contribution in [0, 0.1) is 0 Å². The summed E-state index contributed by atoms with van der Waals surface area (Å²) in [5.74, 6) is -0.672. The van der Waals surface area contributed by atoms with Gasteiger partial charge in [-0.2, -0.15) is 0 Å². The molecule has 98 valence electrons. The Morgan fingerprint density at radius 1 is 1.33 bits per heavy atom. The molecule has 1 aliphatic rings. The van der Waals surface area contributed by atoms with Gasteiger partial charge in [0.2, 0.25) is 0 Å². The monoisotopic (exact) mass is 247 g/mol. The molecule has 0 saturated carbocycles. The van der Waals surface area contributed by atoms with Crippen molar-refractivity contribution in [3.05, 3.63) is 35.4 Å². The molecular weight excluding hydrogens is 226 g/mol. The van der Waals surface area contributed by atoms with E-state index in [1.807, 2.05) is 0 Å². The largest absolute Gasteiger partial charge is 0.480 e. The number of nitrogens with zero attached hydrogens (tertiary/aromatic N) is 1. The fourth-order valence-corrected chi connectivity index (χ4v) is 2.59. The minimum absolute atomic E-state index is 0.264. The minimum Gasteiger partial charge on any atom is -0.480 e. The van der Waals surface area contributed by atoms with Crippen molar-refractivity contribution in [3.63, 3.8) is 0 Å². The number of likely N-dealkylation sites (tertiary alicyclic amines) is 1. The molecule has 0 aromatic heterocycles. The van der Waals surface area contributed by atoms with Crippen LogP contribution in [0.2, 0.25) is 0 Å². The predicted molar refractivity (Wildman–Crippen MR) is 71.8 cm³/mol. The zero-order chi connectivity index (χ0) is 13.0. The average molecular weight is 247 g/mol. The molecule has 0 unspecified atom stereocenters. The van der Waals surface area contributed by atoms with Crippen LogP contribution in [0.3, 0.4) is 0 Å². The molecule has 0 radical (unpaired) electrons. The van der Waals surface area contributed by atoms with Gasteiger partial charge in [0, 0.05) is 6.54 Å². The maximum Gasteiger partial charge on any atom is 0.320 e. The third-order valence-electron chi connectivity index (χ3n) is 3.77. The van der Waals surface area contributed by atoms with Gasteiger partial charge >= 0.3 is 5.97 Å². The summed E-state index contributed by atoms with van der Waals surface area (Å²) in [4.78, 5) is 13.2. The topological polar surface area (TPSA) is 40.5 Å². The molecule has 0 aliphatic carbocycles. The van der Waals surface area contributed by atoms with Gasteiger partial charge < -0.3 is 5.11 Å². The van der Waals surface area contributed by atoms with Crippen molar-refractivity contribution in [1.29, 1.82) is 0 Å². The fourth-order valence-electron chi connectivity index (χ4n) is 2.59. The van der Waals surface area contributed by atoms with E-state index in [9.17, 15) is 4.79 Å². The van der Waals surface area contributed by atoms with Crippen molar-refractivity contribution in [1.82, 2.24) is 4.90 Å². The molecule has 2 rings (SSSR count). The summed E-state index contributed by atoms with van der Waals surface area (Å²) < 4.78 is 0. The van der Waals surface area contributed by atoms with E-state index < -0.39 is 5.97 Å². The van der Waals surface area contributed by atoms with Crippen molar-refractivity contribution in [2.75, 3.05) is 13.1 Å². The van der Waals surface area contributed by atoms with E-state index in [0.29, 0.717) is 0 Å². The normalized spacial score (nSPS) is 20.2. The first-order valence-corrected chi connectivity index (χ1v) is 6.75. The average Bonchev–Trinajstić information content (AvgIpc) is 2.85. The summed E-state index contributed by atoms with van der Waals surface area (Å²) in [7, 11) is 0. The van der Waals surface area contributed by atoms with E-state index in [1.54, 1.807) is 0 Å². The number of aryl methyl sites for hydroxylation is 1. The van der Waals surface area contributed by atoms with Gasteiger partial charge in [-0.15, -0.1) is 0 Å². The second kappa shape index (κ2) is 6.01. The first-order valence-electron chi connectivity index (χ1n) is 6.75. The second-order valence-electron chi connectivity index (χ2n) is 4.95. The third kappa shape index (κ3) is 3.10. The third-order valence-corrected chi connectivity index (χ3v) is 3.77. The first-order chi connectivity index (χ1) is 8.70. The Hall–Kier alpha value is -1.35. The number of carboxylic acids is 1. The van der Waals surface area contributed by atoms with Gasteiger partial charge in [-0.3, -0.25) is 9.69 Å². The molecular formula is C15H21NO2. The van der Waals surface area contributed by atoms with Crippen LogP contribution in [0.1, 0.15) is 30.9 Å². The quantitative estimate of drug-likeness (QED) is 0.868. The van der Waals surface area contributed by atoms with Gasteiger partial charge in [0.1, 0.15) is 6.04 Å². The van der Waals surface area contributed by atoms with Crippen LogP contribution in [-0.4, -0.2) is 35.1 Å². The van der Waals surface area contributed by atoms with E-state index >= 15 is 0 Å². The maximum atomic E-state index is 11.1. The number of aliphatic carboxylic acids is 1. The van der Waals surface area contributed by atoms with E-state index in [4.69, 9.17) is 5.11 Å². The Balaban J connectivity index is 1.88. The van der Waals surface area contributed by atoms with Crippen LogP contribution in [0.25, 0.3) is 0 Å². The first kappa shape index (κ1) is 13.1. The molecule has 1 atom stereocenters. The van der Waals surface area contributed by atoms with Gasteiger partial charge in [-0.25, -0.2) is 0 Å². The number of carbonyl (C=O) groups is 1. The Labute approximate surface area is 108 Å². The maximum absolute atomic E-state index is 11.1. The molecule has 1 saturated heterocycles. The zero-order valence-electron chi connectivity index (χ0n) is 10.9. The summed E-state index contributed by atoms with van der Waals surface area (Å²) in [6.07, 6.45) is 3.80. The molecule has 3 heteroatoms. The molecule has 1 heterocycles. The van der Waals surface area contributed by atoms with Gasteiger partial charge in [0.05, 0.1) is 0 Å². The lowest BCUT2D eigenvalue weighted by Gasteiger charge is -2.20. The SMILES string of the molecule is CCc1ccc(CCN2CCC[C@@H]2C(=O)O)cc1. The van der Waals surface area contributed by atoms with Crippen molar-refractivity contribution in [3.8, 4) is 0 Å². The summed E-state index contributed by atoms with van der Waals surface area (Å²) >= 11 is 0. The number of hydrogen-bond donors (Lipinski definition) is 1. The van der Waals surface area contributed by atoms with Crippen LogP contribution in [0.5, 0.6) is 0 Å². The molecule has 1 aromatic carbocycles. The molecule has 1 N–H and O–H groups in total. The molecule has 3 nitrogen and oxygen atoms in total. The molecule has 0 amide bonds. The second-order valence-corrected chi connectivity index (χ2v) is 4.95. The lowest BCUT2D eigenvalue weighted by atomic mass is 10.1. The summed E-state index contributed by atoms with van der Waals surface area (Å²) in [5.41, 5.74) is 2.64. The highest BCUT2D eigenvalue weighted by Crippen LogP contribution is 2.18. The highest BCUT2D eigenvalue weighted by atomic mass is 16.4. The Kier molecular flexibility index (Phi) is 4.37. The summed E-state index contributed by atoms with van der Waals surface area (Å²) in [6, 6.07) is 8.37. The Morgan fingerprint density at radius 2 is 2.00 bits per heavy atom. The van der Waals surface area contributed by atoms with Gasteiger partial charge in [0.15, 0.2) is 0 Å². The van der Waals surface area contributed by atoms with Gasteiger partial charge in [0.25, 0.3) is 0 Å². The molecule has 18 heavy (non-hydrogen) atoms. The number of hydrogen-bond acceptors (Lipinski definition) is 2. The molecule has 1 fully saturated rings. The molecule has 0 spiro atoms. The Bertz CT molecular complexity index is 399. The molecule has 1 aliphatic heterocycles. The van der Waals surface area contributed by atoms with Crippen LogP contribution >= 0.6 is 0 Å². The number of benzene rings is 1. The van der Waals surface area contributed by atoms with Crippen LogP contribution in [0.15, 0.2) is 24.3 Å². The number of carboxylic acid groups (broad SMARTS) is 1. The van der Waals surface area contributed by atoms with Gasteiger partial charge in [-0.1, -0.05) is 31.2 Å². The van der Waals surface area contributed by atoms with Crippen molar-refractivity contribution in [2.45, 2.75) is 38.6 Å². The van der Waals surface area contributed by atoms with Crippen LogP contribution in [-0.2, 0) is 17.6 Å². The predicted octanol–water partition coefficient (Wildman–Crippen LogP) is 2.34. The zero-order valence-corrected chi connectivity index (χ0v) is 10.9. The molecule has 0 bridgehead atoms. The van der Waals surface area contributed by atoms with Crippen LogP contribution in [0.4, 0.5) is 0 Å². The smallest absolute Gasteiger partial charge is 0.320 e. The van der Waals surface area contributed by atoms with E-state index in [0.717, 1.165) is 38.8 Å². The summed E-state index contributed by atoms with van der Waals surface area (Å²) in [5, 5.41) is 9.11. The lowest BCUT2D eigenvalue weighted by molar-refractivity contribution is -0.142. The minimum atomic E-state index is -0.672. The van der Waals surface area contributed by atoms with Crippen LogP contribution < -0.4 is 0 Å². The van der Waals surface area contributed by atoms with Crippen molar-refractivity contribution >= 4 is 5.97 Å². The fraction of sp³-hybridized carbons (Fsp3) is 0.533. The van der Waals surface area contributed by atoms with Gasteiger partial charge in [-0.05, 0) is 43.4 Å². The van der Waals surface area contributed by atoms with E-state index in [2.05, 4.69) is 36.1 Å². The summed E-state index contributed by atoms with van der Waals surface area (Å²) in [6.45, 7) is 3.92. The van der Waals surface area contributed by atoms with E-state index in [-0.39, 0.29) is 6.04 Å². The highest BCUT2D eigenvalue weighted by Gasteiger charge is 2.29. The van der Waals surface area contributed by atoms with Crippen molar-refractivity contribution in [2.24, 2.45) is 0 Å².